The van der Waals surface area contributed by atoms with Crippen molar-refractivity contribution < 1.29 is 5.11 Å². The number of aryl methyl sites for hydroxylation is 2. The highest BCUT2D eigenvalue weighted by molar-refractivity contribution is 6.02. The number of aromatic nitrogens is 1. The van der Waals surface area contributed by atoms with E-state index in [1.54, 1.807) is 0 Å². The zero-order valence-corrected chi connectivity index (χ0v) is 11.0. The molecule has 2 N–H and O–H groups in total. The molecule has 19 heavy (non-hydrogen) atoms. The maximum Gasteiger partial charge on any atom is 0.123 e. The molecule has 1 aliphatic rings. The van der Waals surface area contributed by atoms with Crippen LogP contribution in [0.2, 0.25) is 0 Å². The number of H-pyrrole nitrogens is 1. The van der Waals surface area contributed by atoms with Crippen LogP contribution in [0.3, 0.4) is 0 Å². The topological polar surface area (TPSA) is 36.0 Å². The number of fused-ring (bicyclic) bond motifs is 5. The normalized spacial score (nSPS) is 12.7. The molecule has 0 saturated carbocycles. The summed E-state index contributed by atoms with van der Waals surface area (Å²) in [5.74, 6) is 0.403. The molecule has 0 bridgehead atoms. The SMILES string of the molecule is Cc1cc2c3c([nH]c2c(C)c1O)Cc1ccccc1-3. The van der Waals surface area contributed by atoms with Crippen molar-refractivity contribution in [3.8, 4) is 16.9 Å². The zero-order valence-electron chi connectivity index (χ0n) is 11.0. The van der Waals surface area contributed by atoms with Gasteiger partial charge in [-0.3, -0.25) is 0 Å². The lowest BCUT2D eigenvalue weighted by molar-refractivity contribution is 0.468. The smallest absolute Gasteiger partial charge is 0.123 e. The minimum Gasteiger partial charge on any atom is -0.507 e. The van der Waals surface area contributed by atoms with Gasteiger partial charge >= 0.3 is 0 Å². The maximum absolute atomic E-state index is 10.1. The third kappa shape index (κ3) is 1.26. The van der Waals surface area contributed by atoms with Gasteiger partial charge in [0.05, 0.1) is 5.52 Å². The first-order valence-corrected chi connectivity index (χ1v) is 6.59. The molecule has 0 saturated heterocycles. The van der Waals surface area contributed by atoms with Gasteiger partial charge in [-0.15, -0.1) is 0 Å². The highest BCUT2D eigenvalue weighted by Crippen LogP contribution is 2.44. The molecule has 4 rings (SSSR count). The highest BCUT2D eigenvalue weighted by Gasteiger charge is 2.24. The number of hydrogen-bond acceptors (Lipinski definition) is 1. The van der Waals surface area contributed by atoms with Crippen molar-refractivity contribution in [3.05, 3.63) is 52.7 Å². The van der Waals surface area contributed by atoms with Crippen LogP contribution in [0.15, 0.2) is 30.3 Å². The van der Waals surface area contributed by atoms with E-state index in [-0.39, 0.29) is 0 Å². The van der Waals surface area contributed by atoms with Gasteiger partial charge in [-0.05, 0) is 36.6 Å². The van der Waals surface area contributed by atoms with E-state index in [1.807, 2.05) is 13.8 Å². The van der Waals surface area contributed by atoms with Crippen LogP contribution in [-0.4, -0.2) is 10.1 Å². The summed E-state index contributed by atoms with van der Waals surface area (Å²) >= 11 is 0. The van der Waals surface area contributed by atoms with Gasteiger partial charge in [-0.2, -0.15) is 0 Å². The Balaban J connectivity index is 2.15. The summed E-state index contributed by atoms with van der Waals surface area (Å²) in [6.45, 7) is 3.93. The molecule has 0 aliphatic heterocycles. The second-order valence-corrected chi connectivity index (χ2v) is 5.40. The first-order valence-electron chi connectivity index (χ1n) is 6.59. The van der Waals surface area contributed by atoms with Gasteiger partial charge in [-0.25, -0.2) is 0 Å². The van der Waals surface area contributed by atoms with Crippen LogP contribution in [-0.2, 0) is 6.42 Å². The Morgan fingerprint density at radius 1 is 1.16 bits per heavy atom. The summed E-state index contributed by atoms with van der Waals surface area (Å²) in [5, 5.41) is 11.3. The van der Waals surface area contributed by atoms with Gasteiger partial charge in [0.2, 0.25) is 0 Å². The quantitative estimate of drug-likeness (QED) is 0.484. The fourth-order valence-corrected chi connectivity index (χ4v) is 3.26. The summed E-state index contributed by atoms with van der Waals surface area (Å²) in [7, 11) is 0. The van der Waals surface area contributed by atoms with E-state index in [9.17, 15) is 5.11 Å². The van der Waals surface area contributed by atoms with E-state index >= 15 is 0 Å². The van der Waals surface area contributed by atoms with Crippen molar-refractivity contribution in [1.82, 2.24) is 4.98 Å². The van der Waals surface area contributed by atoms with Crippen molar-refractivity contribution in [2.24, 2.45) is 0 Å². The largest absolute Gasteiger partial charge is 0.507 e. The minimum absolute atomic E-state index is 0.403. The summed E-state index contributed by atoms with van der Waals surface area (Å²) in [6.07, 6.45) is 0.958. The molecule has 0 spiro atoms. The Bertz CT molecular complexity index is 827. The summed E-state index contributed by atoms with van der Waals surface area (Å²) in [5.41, 5.74) is 8.25. The molecule has 0 radical (unpaired) electrons. The number of benzene rings is 2. The molecular weight excluding hydrogens is 234 g/mol. The Kier molecular flexibility index (Phi) is 1.92. The third-order valence-corrected chi connectivity index (χ3v) is 4.23. The zero-order chi connectivity index (χ0) is 13.1. The monoisotopic (exact) mass is 249 g/mol. The van der Waals surface area contributed by atoms with E-state index in [2.05, 4.69) is 35.3 Å². The molecule has 1 heterocycles. The molecule has 1 aromatic heterocycles. The highest BCUT2D eigenvalue weighted by atomic mass is 16.3. The second kappa shape index (κ2) is 3.41. The minimum atomic E-state index is 0.403. The Morgan fingerprint density at radius 2 is 1.95 bits per heavy atom. The molecule has 3 aromatic rings. The predicted octanol–water partition coefficient (Wildman–Crippen LogP) is 4.06. The molecule has 0 amide bonds. The third-order valence-electron chi connectivity index (χ3n) is 4.23. The predicted molar refractivity (Wildman–Crippen MR) is 77.7 cm³/mol. The van der Waals surface area contributed by atoms with Crippen molar-refractivity contribution >= 4 is 10.9 Å². The first-order chi connectivity index (χ1) is 9.16. The van der Waals surface area contributed by atoms with Gasteiger partial charge in [0.25, 0.3) is 0 Å². The van der Waals surface area contributed by atoms with Crippen molar-refractivity contribution in [2.45, 2.75) is 20.3 Å². The molecule has 0 unspecified atom stereocenters. The van der Waals surface area contributed by atoms with E-state index in [4.69, 9.17) is 0 Å². The lowest BCUT2D eigenvalue weighted by atomic mass is 10.0. The lowest BCUT2D eigenvalue weighted by Crippen LogP contribution is -1.86. The van der Waals surface area contributed by atoms with Gasteiger partial charge in [0, 0.05) is 28.6 Å². The standard InChI is InChI=1S/C17H15NO/c1-9-7-13-15-12-6-4-3-5-11(12)8-14(15)18-16(13)10(2)17(9)19/h3-7,18-19H,8H2,1-2H3. The Morgan fingerprint density at radius 3 is 2.79 bits per heavy atom. The van der Waals surface area contributed by atoms with Crippen LogP contribution >= 0.6 is 0 Å². The molecular formula is C17H15NO. The number of nitrogens with one attached hydrogen (secondary N) is 1. The van der Waals surface area contributed by atoms with Gasteiger partial charge in [-0.1, -0.05) is 24.3 Å². The maximum atomic E-state index is 10.1. The lowest BCUT2D eigenvalue weighted by Gasteiger charge is -2.06. The van der Waals surface area contributed by atoms with Gasteiger partial charge in [0.1, 0.15) is 5.75 Å². The Labute approximate surface area is 111 Å². The van der Waals surface area contributed by atoms with E-state index in [0.29, 0.717) is 5.75 Å². The van der Waals surface area contributed by atoms with E-state index in [0.717, 1.165) is 23.1 Å². The number of aromatic hydroxyl groups is 1. The van der Waals surface area contributed by atoms with Crippen molar-refractivity contribution in [2.75, 3.05) is 0 Å². The van der Waals surface area contributed by atoms with Gasteiger partial charge in [0.15, 0.2) is 0 Å². The van der Waals surface area contributed by atoms with Crippen LogP contribution in [0.25, 0.3) is 22.0 Å². The van der Waals surface area contributed by atoms with Crippen LogP contribution in [0.4, 0.5) is 0 Å². The molecule has 2 aromatic carbocycles. The molecule has 0 fully saturated rings. The van der Waals surface area contributed by atoms with Crippen LogP contribution in [0.1, 0.15) is 22.4 Å². The van der Waals surface area contributed by atoms with E-state index in [1.165, 1.54) is 27.8 Å². The first kappa shape index (κ1) is 10.7. The number of aromatic amines is 1. The summed E-state index contributed by atoms with van der Waals surface area (Å²) in [6, 6.07) is 10.7. The molecule has 94 valence electrons. The fourth-order valence-electron chi connectivity index (χ4n) is 3.26. The number of phenolic OH excluding ortho intramolecular Hbond substituents is 1. The molecule has 0 atom stereocenters. The van der Waals surface area contributed by atoms with Gasteiger partial charge < -0.3 is 10.1 Å². The van der Waals surface area contributed by atoms with E-state index < -0.39 is 0 Å². The Hall–Kier alpha value is -2.22. The van der Waals surface area contributed by atoms with Crippen molar-refractivity contribution in [3.63, 3.8) is 0 Å². The van der Waals surface area contributed by atoms with Crippen LogP contribution in [0.5, 0.6) is 5.75 Å². The average molecular weight is 249 g/mol. The number of rotatable bonds is 0. The fraction of sp³-hybridized carbons (Fsp3) is 0.176. The number of hydrogen-bond donors (Lipinski definition) is 2. The van der Waals surface area contributed by atoms with Crippen LogP contribution in [0, 0.1) is 13.8 Å². The molecule has 2 nitrogen and oxygen atoms in total. The molecule has 2 heteroatoms. The molecule has 1 aliphatic carbocycles. The average Bonchev–Trinajstić information content (AvgIpc) is 2.93. The van der Waals surface area contributed by atoms with Crippen molar-refractivity contribution in [1.29, 1.82) is 0 Å². The number of phenols is 1. The summed E-state index contributed by atoms with van der Waals surface area (Å²) in [4.78, 5) is 3.50. The second-order valence-electron chi connectivity index (χ2n) is 5.40. The summed E-state index contributed by atoms with van der Waals surface area (Å²) < 4.78 is 0. The van der Waals surface area contributed by atoms with Crippen LogP contribution < -0.4 is 0 Å².